The average Bonchev–Trinajstić information content (AvgIpc) is 3.53. The zero-order valence-electron chi connectivity index (χ0n) is 23.8. The van der Waals surface area contributed by atoms with Crippen molar-refractivity contribution in [1.82, 2.24) is 14.9 Å². The molecule has 2 aromatic heterocycles. The Morgan fingerprint density at radius 3 is 2.59 bits per heavy atom. The molecule has 0 radical (unpaired) electrons. The maximum atomic E-state index is 14.1. The number of furan rings is 1. The highest BCUT2D eigenvalue weighted by molar-refractivity contribution is 9.10. The van der Waals surface area contributed by atoms with Crippen LogP contribution in [-0.4, -0.2) is 27.3 Å². The van der Waals surface area contributed by atoms with Crippen molar-refractivity contribution in [3.63, 3.8) is 0 Å². The summed E-state index contributed by atoms with van der Waals surface area (Å²) in [5.74, 6) is 1.19. The number of rotatable bonds is 9. The molecule has 0 saturated heterocycles. The third-order valence-electron chi connectivity index (χ3n) is 7.92. The fraction of sp³-hybridized carbons (Fsp3) is 0.364. The Kier molecular flexibility index (Phi) is 9.50. The quantitative estimate of drug-likeness (QED) is 0.148. The van der Waals surface area contributed by atoms with Gasteiger partial charge in [-0.2, -0.15) is 0 Å². The fourth-order valence-corrected chi connectivity index (χ4v) is 6.50. The molecule has 0 bridgehead atoms. The first-order chi connectivity index (χ1) is 19.9. The number of aromatic nitrogens is 2. The van der Waals surface area contributed by atoms with Crippen LogP contribution in [0.25, 0.3) is 28.3 Å². The number of carbonyl (C=O) groups excluding carboxylic acids is 1. The maximum Gasteiger partial charge on any atom is 0.262 e. The van der Waals surface area contributed by atoms with Gasteiger partial charge < -0.3 is 9.73 Å². The van der Waals surface area contributed by atoms with Crippen LogP contribution in [0.15, 0.2) is 79.7 Å². The van der Waals surface area contributed by atoms with Crippen LogP contribution in [0, 0.1) is 6.92 Å². The molecule has 41 heavy (non-hydrogen) atoms. The monoisotopic (exact) mass is 633 g/mol. The molecule has 1 amide bonds. The van der Waals surface area contributed by atoms with E-state index in [1.54, 1.807) is 10.8 Å². The Balaban J connectivity index is 1.60. The van der Waals surface area contributed by atoms with Crippen LogP contribution in [-0.2, 0) is 4.79 Å². The normalized spacial score (nSPS) is 14.6. The zero-order valence-corrected chi connectivity index (χ0v) is 26.2. The molecule has 4 aromatic rings. The highest BCUT2D eigenvalue weighted by atomic mass is 79.9. The lowest BCUT2D eigenvalue weighted by Gasteiger charge is -2.23. The number of nitrogens with one attached hydrogen (secondary N) is 1. The first-order valence-corrected chi connectivity index (χ1v) is 16.1. The van der Waals surface area contributed by atoms with Crippen molar-refractivity contribution in [2.75, 3.05) is 5.75 Å². The van der Waals surface area contributed by atoms with Gasteiger partial charge in [-0.05, 0) is 80.1 Å². The molecule has 8 heteroatoms. The van der Waals surface area contributed by atoms with Crippen molar-refractivity contribution < 1.29 is 9.21 Å². The summed E-state index contributed by atoms with van der Waals surface area (Å²) in [5.41, 5.74) is 4.74. The second kappa shape index (κ2) is 13.3. The van der Waals surface area contributed by atoms with E-state index in [2.05, 4.69) is 53.3 Å². The molecular weight excluding hydrogens is 598 g/mol. The highest BCUT2D eigenvalue weighted by Crippen LogP contribution is 2.36. The Morgan fingerprint density at radius 2 is 1.90 bits per heavy atom. The number of amides is 1. The molecule has 2 heterocycles. The van der Waals surface area contributed by atoms with Gasteiger partial charge in [0.2, 0.25) is 5.91 Å². The Labute approximate surface area is 254 Å². The topological polar surface area (TPSA) is 77.1 Å². The van der Waals surface area contributed by atoms with E-state index in [1.807, 2.05) is 43.3 Å². The smallest absolute Gasteiger partial charge is 0.262 e. The molecule has 1 aliphatic carbocycles. The summed E-state index contributed by atoms with van der Waals surface area (Å²) in [5, 5.41) is 3.69. The molecule has 1 atom stereocenters. The van der Waals surface area contributed by atoms with Crippen molar-refractivity contribution in [3.05, 3.63) is 86.8 Å². The number of hydrogen-bond acceptors (Lipinski definition) is 5. The van der Waals surface area contributed by atoms with Crippen LogP contribution in [0.5, 0.6) is 0 Å². The Bertz CT molecular complexity index is 1560. The van der Waals surface area contributed by atoms with Gasteiger partial charge in [0.15, 0.2) is 5.16 Å². The van der Waals surface area contributed by atoms with Crippen molar-refractivity contribution in [3.8, 4) is 28.3 Å². The molecule has 6 nitrogen and oxygen atoms in total. The Morgan fingerprint density at radius 1 is 1.15 bits per heavy atom. The third-order valence-corrected chi connectivity index (χ3v) is 9.39. The van der Waals surface area contributed by atoms with Gasteiger partial charge in [0.05, 0.1) is 23.4 Å². The SMILES string of the molecule is CCC(C)c1ccc(-c2ccco2)cc1-c1nc(SCC(=O)NC2CCCCC2)n(-c2ccc(Br)cc2)c(=O)c1C. The van der Waals surface area contributed by atoms with Gasteiger partial charge in [-0.25, -0.2) is 4.98 Å². The average molecular weight is 635 g/mol. The van der Waals surface area contributed by atoms with Gasteiger partial charge in [-0.3, -0.25) is 14.2 Å². The van der Waals surface area contributed by atoms with Crippen LogP contribution in [0.3, 0.4) is 0 Å². The van der Waals surface area contributed by atoms with Crippen molar-refractivity contribution in [2.24, 2.45) is 0 Å². The predicted molar refractivity (Wildman–Crippen MR) is 170 cm³/mol. The lowest BCUT2D eigenvalue weighted by Crippen LogP contribution is -2.37. The number of carbonyl (C=O) groups is 1. The molecule has 2 aromatic carbocycles. The summed E-state index contributed by atoms with van der Waals surface area (Å²) in [4.78, 5) is 32.2. The number of hydrogen-bond donors (Lipinski definition) is 1. The van der Waals surface area contributed by atoms with Gasteiger partial charge in [0.25, 0.3) is 5.56 Å². The molecule has 0 spiro atoms. The third kappa shape index (κ3) is 6.70. The van der Waals surface area contributed by atoms with Crippen LogP contribution < -0.4 is 10.9 Å². The summed E-state index contributed by atoms with van der Waals surface area (Å²) < 4.78 is 8.24. The Hall–Kier alpha value is -3.10. The second-order valence-electron chi connectivity index (χ2n) is 10.8. The maximum absolute atomic E-state index is 14.1. The fourth-order valence-electron chi connectivity index (χ4n) is 5.42. The van der Waals surface area contributed by atoms with E-state index < -0.39 is 0 Å². The zero-order chi connectivity index (χ0) is 28.9. The van der Waals surface area contributed by atoms with Gasteiger partial charge in [0, 0.05) is 27.2 Å². The van der Waals surface area contributed by atoms with Crippen molar-refractivity contribution in [1.29, 1.82) is 0 Å². The highest BCUT2D eigenvalue weighted by Gasteiger charge is 2.23. The number of nitrogens with zero attached hydrogens (tertiary/aromatic N) is 2. The van der Waals surface area contributed by atoms with Gasteiger partial charge >= 0.3 is 0 Å². The van der Waals surface area contributed by atoms with E-state index in [-0.39, 0.29) is 29.2 Å². The number of benzene rings is 2. The van der Waals surface area contributed by atoms with E-state index in [9.17, 15) is 9.59 Å². The molecule has 5 rings (SSSR count). The summed E-state index contributed by atoms with van der Waals surface area (Å²) in [6.45, 7) is 6.19. The van der Waals surface area contributed by atoms with E-state index in [1.165, 1.54) is 18.2 Å². The van der Waals surface area contributed by atoms with Crippen LogP contribution >= 0.6 is 27.7 Å². The van der Waals surface area contributed by atoms with Crippen LogP contribution in [0.2, 0.25) is 0 Å². The minimum absolute atomic E-state index is 0.0271. The minimum atomic E-state index is -0.147. The standard InChI is InChI=1S/C33H36BrN3O3S/c1-4-21(2)27-17-12-23(29-11-8-18-40-29)19-28(27)31-22(3)32(39)37(26-15-13-24(34)14-16-26)33(36-31)41-20-30(38)35-25-9-6-5-7-10-25/h8,11-19,21,25H,4-7,9-10,20H2,1-3H3,(H,35,38). The van der Waals surface area contributed by atoms with E-state index in [0.29, 0.717) is 22.1 Å². The summed E-state index contributed by atoms with van der Waals surface area (Å²) in [7, 11) is 0. The predicted octanol–water partition coefficient (Wildman–Crippen LogP) is 8.28. The molecular formula is C33H36BrN3O3S. The summed E-state index contributed by atoms with van der Waals surface area (Å²) in [6.07, 6.45) is 8.20. The molecule has 214 valence electrons. The summed E-state index contributed by atoms with van der Waals surface area (Å²) in [6, 6.07) is 17.9. The molecule has 1 N–H and O–H groups in total. The van der Waals surface area contributed by atoms with Gasteiger partial charge in [0.1, 0.15) is 5.76 Å². The summed E-state index contributed by atoms with van der Waals surface area (Å²) >= 11 is 4.80. The van der Waals surface area contributed by atoms with Crippen LogP contribution in [0.4, 0.5) is 0 Å². The molecule has 1 fully saturated rings. The largest absolute Gasteiger partial charge is 0.464 e. The van der Waals surface area contributed by atoms with Crippen molar-refractivity contribution >= 4 is 33.6 Å². The lowest BCUT2D eigenvalue weighted by molar-refractivity contribution is -0.119. The molecule has 1 unspecified atom stereocenters. The van der Waals surface area contributed by atoms with Gasteiger partial charge in [-0.1, -0.05) is 72.9 Å². The first kappa shape index (κ1) is 29.4. The van der Waals surface area contributed by atoms with Crippen LogP contribution in [0.1, 0.15) is 69.4 Å². The molecule has 0 aliphatic heterocycles. The van der Waals surface area contributed by atoms with Crippen molar-refractivity contribution in [2.45, 2.75) is 76.4 Å². The molecule has 1 saturated carbocycles. The number of thioether (sulfide) groups is 1. The second-order valence-corrected chi connectivity index (χ2v) is 12.6. The molecule has 1 aliphatic rings. The lowest BCUT2D eigenvalue weighted by atomic mass is 9.89. The van der Waals surface area contributed by atoms with E-state index >= 15 is 0 Å². The van der Waals surface area contributed by atoms with E-state index in [0.717, 1.165) is 59.0 Å². The first-order valence-electron chi connectivity index (χ1n) is 14.4. The minimum Gasteiger partial charge on any atom is -0.464 e. The van der Waals surface area contributed by atoms with E-state index in [4.69, 9.17) is 9.40 Å². The number of halogens is 1. The van der Waals surface area contributed by atoms with Gasteiger partial charge in [-0.15, -0.1) is 0 Å².